The zero-order valence-electron chi connectivity index (χ0n) is 7.65. The summed E-state index contributed by atoms with van der Waals surface area (Å²) in [6, 6.07) is 0. The van der Waals surface area contributed by atoms with Gasteiger partial charge in [0.25, 0.3) is 0 Å². The van der Waals surface area contributed by atoms with Crippen LogP contribution in [-0.4, -0.2) is 6.54 Å². The zero-order chi connectivity index (χ0) is 8.69. The minimum atomic E-state index is 0.929. The van der Waals surface area contributed by atoms with Crippen LogP contribution in [-0.2, 0) is 0 Å². The van der Waals surface area contributed by atoms with Crippen LogP contribution in [0.25, 0.3) is 0 Å². The van der Waals surface area contributed by atoms with Crippen molar-refractivity contribution in [1.82, 2.24) is 5.32 Å². The summed E-state index contributed by atoms with van der Waals surface area (Å²) in [4.78, 5) is 0. The first-order valence-electron chi connectivity index (χ1n) is 4.08. The number of dihydropyridines is 1. The second kappa shape index (κ2) is 5.78. The molecule has 0 atom stereocenters. The number of nitrogens with one attached hydrogen (secondary N) is 1. The third kappa shape index (κ3) is 3.08. The molecule has 0 radical (unpaired) electrons. The van der Waals surface area contributed by atoms with Crippen molar-refractivity contribution in [2.24, 2.45) is 0 Å². The fourth-order valence-corrected chi connectivity index (χ4v) is 0.867. The van der Waals surface area contributed by atoms with E-state index in [1.165, 1.54) is 5.57 Å². The minimum Gasteiger partial charge on any atom is -0.381 e. The van der Waals surface area contributed by atoms with Crippen LogP contribution in [0.4, 0.5) is 0 Å². The maximum atomic E-state index is 3.68. The van der Waals surface area contributed by atoms with Gasteiger partial charge in [-0.15, -0.1) is 0 Å². The third-order valence-corrected chi connectivity index (χ3v) is 1.41. The van der Waals surface area contributed by atoms with Gasteiger partial charge in [0.15, 0.2) is 0 Å². The lowest BCUT2D eigenvalue weighted by Gasteiger charge is -2.10. The summed E-state index contributed by atoms with van der Waals surface area (Å²) in [5.41, 5.74) is 2.41. The molecule has 11 heavy (non-hydrogen) atoms. The lowest BCUT2D eigenvalue weighted by Crippen LogP contribution is -2.15. The molecule has 0 amide bonds. The van der Waals surface area contributed by atoms with E-state index in [1.54, 1.807) is 0 Å². The number of hydrogen-bond donors (Lipinski definition) is 1. The van der Waals surface area contributed by atoms with Crippen LogP contribution in [0.5, 0.6) is 0 Å². The molecule has 0 fully saturated rings. The normalized spacial score (nSPS) is 14.8. The summed E-state index contributed by atoms with van der Waals surface area (Å²) in [7, 11) is 0. The van der Waals surface area contributed by atoms with Crippen LogP contribution in [0.3, 0.4) is 0 Å². The van der Waals surface area contributed by atoms with Gasteiger partial charge < -0.3 is 5.32 Å². The zero-order valence-corrected chi connectivity index (χ0v) is 7.65. The van der Waals surface area contributed by atoms with E-state index in [0.29, 0.717) is 0 Å². The molecule has 1 heterocycles. The van der Waals surface area contributed by atoms with Gasteiger partial charge in [0.2, 0.25) is 0 Å². The highest BCUT2D eigenvalue weighted by Crippen LogP contribution is 2.06. The second-order valence-electron chi connectivity index (χ2n) is 2.08. The summed E-state index contributed by atoms with van der Waals surface area (Å²) in [6.07, 6.45) is 6.05. The van der Waals surface area contributed by atoms with Crippen LogP contribution >= 0.6 is 0 Å². The highest BCUT2D eigenvalue weighted by atomic mass is 14.9. The van der Waals surface area contributed by atoms with Gasteiger partial charge in [0, 0.05) is 12.2 Å². The molecule has 1 rings (SSSR count). The summed E-state index contributed by atoms with van der Waals surface area (Å²) >= 11 is 0. The topological polar surface area (TPSA) is 12.0 Å². The van der Waals surface area contributed by atoms with Crippen LogP contribution in [0.15, 0.2) is 36.1 Å². The van der Waals surface area contributed by atoms with Crippen LogP contribution in [0, 0.1) is 0 Å². The maximum absolute atomic E-state index is 3.68. The summed E-state index contributed by atoms with van der Waals surface area (Å²) in [5.74, 6) is 0. The smallest absolute Gasteiger partial charge is 0.0366 e. The quantitative estimate of drug-likeness (QED) is 0.607. The Bertz CT molecular complexity index is 175. The van der Waals surface area contributed by atoms with Crippen molar-refractivity contribution in [3.8, 4) is 0 Å². The number of hydrogen-bond acceptors (Lipinski definition) is 1. The molecule has 0 spiro atoms. The summed E-state index contributed by atoms with van der Waals surface area (Å²) < 4.78 is 0. The molecule has 1 aliphatic rings. The molecule has 62 valence electrons. The average Bonchev–Trinajstić information content (AvgIpc) is 2.09. The van der Waals surface area contributed by atoms with Gasteiger partial charge in [0.1, 0.15) is 0 Å². The van der Waals surface area contributed by atoms with Crippen molar-refractivity contribution in [1.29, 1.82) is 0 Å². The molecule has 1 nitrogen and oxygen atoms in total. The summed E-state index contributed by atoms with van der Waals surface area (Å²) in [6.45, 7) is 10.7. The molecule has 1 heteroatoms. The van der Waals surface area contributed by atoms with E-state index in [4.69, 9.17) is 0 Å². The van der Waals surface area contributed by atoms with E-state index in [1.807, 2.05) is 19.9 Å². The van der Waals surface area contributed by atoms with E-state index < -0.39 is 0 Å². The van der Waals surface area contributed by atoms with Gasteiger partial charge in [-0.2, -0.15) is 0 Å². The Morgan fingerprint density at radius 2 is 2.18 bits per heavy atom. The highest BCUT2D eigenvalue weighted by molar-refractivity contribution is 5.32. The van der Waals surface area contributed by atoms with Crippen LogP contribution < -0.4 is 5.32 Å². The Kier molecular flexibility index (Phi) is 5.26. The van der Waals surface area contributed by atoms with Crippen molar-refractivity contribution in [3.05, 3.63) is 36.1 Å². The van der Waals surface area contributed by atoms with Crippen molar-refractivity contribution in [3.63, 3.8) is 0 Å². The van der Waals surface area contributed by atoms with Crippen molar-refractivity contribution in [2.45, 2.75) is 20.8 Å². The van der Waals surface area contributed by atoms with Crippen LogP contribution in [0.2, 0.25) is 0 Å². The first-order chi connectivity index (χ1) is 5.34. The predicted octanol–water partition coefficient (Wildman–Crippen LogP) is 2.63. The van der Waals surface area contributed by atoms with Gasteiger partial charge in [0.05, 0.1) is 0 Å². The van der Waals surface area contributed by atoms with Gasteiger partial charge in [-0.3, -0.25) is 0 Å². The van der Waals surface area contributed by atoms with E-state index in [0.717, 1.165) is 12.2 Å². The van der Waals surface area contributed by atoms with E-state index in [-0.39, 0.29) is 0 Å². The fourth-order valence-electron chi connectivity index (χ4n) is 0.867. The Balaban J connectivity index is 0.000000461. The Labute approximate surface area is 69.5 Å². The lowest BCUT2D eigenvalue weighted by molar-refractivity contribution is 0.903. The Morgan fingerprint density at radius 3 is 2.55 bits per heavy atom. The molecular formula is C10H17N. The first kappa shape index (κ1) is 10.0. The molecule has 0 aromatic rings. The monoisotopic (exact) mass is 151 g/mol. The molecule has 0 saturated carbocycles. The predicted molar refractivity (Wildman–Crippen MR) is 51.4 cm³/mol. The third-order valence-electron chi connectivity index (χ3n) is 1.41. The summed E-state index contributed by atoms with van der Waals surface area (Å²) in [5, 5.41) is 3.19. The van der Waals surface area contributed by atoms with Gasteiger partial charge in [-0.25, -0.2) is 0 Å². The standard InChI is InChI=1S/C8H11N.C2H6/c1-3-8-7(2)5-4-6-9-8;1-2/h3-5,9H,1,6H2,2H3;1-2H3. The van der Waals surface area contributed by atoms with E-state index in [2.05, 4.69) is 31.0 Å². The molecule has 0 aromatic heterocycles. The molecule has 0 aliphatic carbocycles. The van der Waals surface area contributed by atoms with Crippen molar-refractivity contribution in [2.75, 3.05) is 6.54 Å². The average molecular weight is 151 g/mol. The molecule has 0 saturated heterocycles. The van der Waals surface area contributed by atoms with Gasteiger partial charge in [-0.05, 0) is 18.6 Å². The Hall–Kier alpha value is -0.980. The molecule has 1 aliphatic heterocycles. The number of allylic oxidation sites excluding steroid dienone is 3. The molecule has 0 unspecified atom stereocenters. The van der Waals surface area contributed by atoms with E-state index >= 15 is 0 Å². The Morgan fingerprint density at radius 1 is 1.55 bits per heavy atom. The lowest BCUT2D eigenvalue weighted by atomic mass is 10.1. The van der Waals surface area contributed by atoms with Crippen molar-refractivity contribution < 1.29 is 0 Å². The number of rotatable bonds is 1. The fraction of sp³-hybridized carbons (Fsp3) is 0.400. The highest BCUT2D eigenvalue weighted by Gasteiger charge is 1.96. The molecule has 0 bridgehead atoms. The van der Waals surface area contributed by atoms with Gasteiger partial charge >= 0.3 is 0 Å². The second-order valence-corrected chi connectivity index (χ2v) is 2.08. The molecule has 1 N–H and O–H groups in total. The SMILES string of the molecule is C=CC1=C(C)C=CCN1.CC. The maximum Gasteiger partial charge on any atom is 0.0366 e. The van der Waals surface area contributed by atoms with Crippen LogP contribution in [0.1, 0.15) is 20.8 Å². The van der Waals surface area contributed by atoms with Gasteiger partial charge in [-0.1, -0.05) is 32.6 Å². The largest absolute Gasteiger partial charge is 0.381 e. The molecule has 0 aromatic carbocycles. The van der Waals surface area contributed by atoms with Crippen molar-refractivity contribution >= 4 is 0 Å². The first-order valence-corrected chi connectivity index (χ1v) is 4.08. The minimum absolute atomic E-state index is 0.929. The molecular weight excluding hydrogens is 134 g/mol. The van der Waals surface area contributed by atoms with E-state index in [9.17, 15) is 0 Å².